The third kappa shape index (κ3) is 4.43. The molecule has 2 aromatic heterocycles. The molecule has 0 saturated carbocycles. The van der Waals surface area contributed by atoms with Crippen molar-refractivity contribution in [2.45, 2.75) is 40.8 Å². The van der Waals surface area contributed by atoms with Crippen LogP contribution in [0.3, 0.4) is 0 Å². The quantitative estimate of drug-likeness (QED) is 0.670. The second kappa shape index (κ2) is 8.18. The monoisotopic (exact) mass is 367 g/mol. The number of carbonyl (C=O) groups excluding carboxylic acids is 1. The van der Waals surface area contributed by atoms with Crippen molar-refractivity contribution in [1.82, 2.24) is 20.3 Å². The van der Waals surface area contributed by atoms with E-state index in [1.54, 1.807) is 0 Å². The minimum absolute atomic E-state index is 0.112. The second-order valence-corrected chi connectivity index (χ2v) is 6.56. The van der Waals surface area contributed by atoms with Crippen molar-refractivity contribution in [3.05, 3.63) is 53.0 Å². The van der Waals surface area contributed by atoms with Gasteiger partial charge in [-0.25, -0.2) is 0 Å². The van der Waals surface area contributed by atoms with Gasteiger partial charge in [-0.3, -0.25) is 9.48 Å². The summed E-state index contributed by atoms with van der Waals surface area (Å²) in [5.74, 6) is 0.605. The standard InChI is InChI=1S/C20H25N5O2/c1-5-25-15(4)20(14(3)23-25)22-19(26)12-21-11-17-10-18(27-24-17)16-8-6-13(2)7-9-16/h6-10,21H,5,11-12H2,1-4H3,(H,22,26). The predicted octanol–water partition coefficient (Wildman–Crippen LogP) is 3.21. The fourth-order valence-electron chi connectivity index (χ4n) is 2.92. The molecule has 3 aromatic rings. The average molecular weight is 367 g/mol. The van der Waals surface area contributed by atoms with E-state index in [1.807, 2.05) is 62.7 Å². The summed E-state index contributed by atoms with van der Waals surface area (Å²) in [4.78, 5) is 12.2. The van der Waals surface area contributed by atoms with Crippen LogP contribution in [0.5, 0.6) is 0 Å². The Balaban J connectivity index is 1.52. The number of anilines is 1. The first kappa shape index (κ1) is 18.8. The highest BCUT2D eigenvalue weighted by molar-refractivity contribution is 5.93. The smallest absolute Gasteiger partial charge is 0.238 e. The molecule has 1 amide bonds. The molecule has 0 radical (unpaired) electrons. The first-order valence-electron chi connectivity index (χ1n) is 9.05. The molecule has 0 aliphatic rings. The van der Waals surface area contributed by atoms with Crippen LogP contribution in [0.4, 0.5) is 5.69 Å². The number of nitrogens with one attached hydrogen (secondary N) is 2. The number of aryl methyl sites for hydroxylation is 3. The highest BCUT2D eigenvalue weighted by Crippen LogP contribution is 2.21. The van der Waals surface area contributed by atoms with Crippen molar-refractivity contribution < 1.29 is 9.32 Å². The first-order valence-corrected chi connectivity index (χ1v) is 9.05. The van der Waals surface area contributed by atoms with E-state index in [0.29, 0.717) is 6.54 Å². The summed E-state index contributed by atoms with van der Waals surface area (Å²) in [6.07, 6.45) is 0. The molecule has 2 heterocycles. The molecule has 3 rings (SSSR count). The zero-order valence-electron chi connectivity index (χ0n) is 16.2. The Morgan fingerprint density at radius 2 is 1.93 bits per heavy atom. The van der Waals surface area contributed by atoms with Gasteiger partial charge in [-0.15, -0.1) is 0 Å². The zero-order chi connectivity index (χ0) is 19.4. The molecule has 0 fully saturated rings. The summed E-state index contributed by atoms with van der Waals surface area (Å²) in [6.45, 7) is 9.32. The maximum atomic E-state index is 12.2. The van der Waals surface area contributed by atoms with Gasteiger partial charge >= 0.3 is 0 Å². The predicted molar refractivity (Wildman–Crippen MR) is 104 cm³/mol. The Kier molecular flexibility index (Phi) is 5.71. The molecule has 27 heavy (non-hydrogen) atoms. The minimum Gasteiger partial charge on any atom is -0.356 e. The van der Waals surface area contributed by atoms with E-state index in [4.69, 9.17) is 4.52 Å². The van der Waals surface area contributed by atoms with E-state index in [-0.39, 0.29) is 12.5 Å². The number of hydrogen-bond donors (Lipinski definition) is 2. The summed E-state index contributed by atoms with van der Waals surface area (Å²) < 4.78 is 7.26. The van der Waals surface area contributed by atoms with Crippen molar-refractivity contribution in [3.8, 4) is 11.3 Å². The van der Waals surface area contributed by atoms with Crippen LogP contribution in [-0.4, -0.2) is 27.4 Å². The number of rotatable bonds is 7. The highest BCUT2D eigenvalue weighted by atomic mass is 16.5. The lowest BCUT2D eigenvalue weighted by Crippen LogP contribution is -2.28. The van der Waals surface area contributed by atoms with E-state index in [2.05, 4.69) is 20.9 Å². The van der Waals surface area contributed by atoms with Gasteiger partial charge in [0, 0.05) is 24.7 Å². The molecular weight excluding hydrogens is 342 g/mol. The van der Waals surface area contributed by atoms with Crippen molar-refractivity contribution in [1.29, 1.82) is 0 Å². The molecule has 142 valence electrons. The third-order valence-electron chi connectivity index (χ3n) is 4.43. The van der Waals surface area contributed by atoms with Gasteiger partial charge in [0.1, 0.15) is 0 Å². The molecule has 0 aliphatic heterocycles. The molecule has 1 aromatic carbocycles. The van der Waals surface area contributed by atoms with Crippen LogP contribution in [0.15, 0.2) is 34.9 Å². The van der Waals surface area contributed by atoms with E-state index in [9.17, 15) is 4.79 Å². The van der Waals surface area contributed by atoms with E-state index in [1.165, 1.54) is 5.56 Å². The molecule has 7 nitrogen and oxygen atoms in total. The van der Waals surface area contributed by atoms with Crippen molar-refractivity contribution in [2.75, 3.05) is 11.9 Å². The normalized spacial score (nSPS) is 11.0. The van der Waals surface area contributed by atoms with Gasteiger partial charge in [0.05, 0.1) is 29.3 Å². The lowest BCUT2D eigenvalue weighted by molar-refractivity contribution is -0.115. The lowest BCUT2D eigenvalue weighted by Gasteiger charge is -2.06. The van der Waals surface area contributed by atoms with Crippen LogP contribution < -0.4 is 10.6 Å². The Hall–Kier alpha value is -2.93. The molecule has 0 atom stereocenters. The van der Waals surface area contributed by atoms with Gasteiger partial charge in [-0.2, -0.15) is 5.10 Å². The van der Waals surface area contributed by atoms with Gasteiger partial charge in [0.15, 0.2) is 5.76 Å². The Morgan fingerprint density at radius 3 is 2.59 bits per heavy atom. The lowest BCUT2D eigenvalue weighted by atomic mass is 10.1. The second-order valence-electron chi connectivity index (χ2n) is 6.56. The summed E-state index contributed by atoms with van der Waals surface area (Å²) in [5.41, 5.74) is 5.50. The van der Waals surface area contributed by atoms with Gasteiger partial charge in [0.25, 0.3) is 0 Å². The van der Waals surface area contributed by atoms with Crippen LogP contribution in [0.1, 0.15) is 29.6 Å². The van der Waals surface area contributed by atoms with Crippen LogP contribution >= 0.6 is 0 Å². The highest BCUT2D eigenvalue weighted by Gasteiger charge is 2.13. The summed E-state index contributed by atoms with van der Waals surface area (Å²) in [5, 5.41) is 14.5. The molecular formula is C20H25N5O2. The van der Waals surface area contributed by atoms with E-state index < -0.39 is 0 Å². The number of amides is 1. The molecule has 7 heteroatoms. The van der Waals surface area contributed by atoms with E-state index in [0.717, 1.165) is 40.6 Å². The Morgan fingerprint density at radius 1 is 1.19 bits per heavy atom. The largest absolute Gasteiger partial charge is 0.356 e. The molecule has 2 N–H and O–H groups in total. The van der Waals surface area contributed by atoms with Gasteiger partial charge < -0.3 is 15.2 Å². The maximum Gasteiger partial charge on any atom is 0.238 e. The Labute approximate surface area is 158 Å². The fourth-order valence-corrected chi connectivity index (χ4v) is 2.92. The zero-order valence-corrected chi connectivity index (χ0v) is 16.2. The summed E-state index contributed by atoms with van der Waals surface area (Å²) in [6, 6.07) is 9.95. The van der Waals surface area contributed by atoms with Gasteiger partial charge in [0.2, 0.25) is 5.91 Å². The minimum atomic E-state index is -0.112. The Bertz CT molecular complexity index is 925. The van der Waals surface area contributed by atoms with Crippen LogP contribution in [0.25, 0.3) is 11.3 Å². The van der Waals surface area contributed by atoms with Gasteiger partial charge in [-0.05, 0) is 27.7 Å². The van der Waals surface area contributed by atoms with Crippen molar-refractivity contribution in [2.24, 2.45) is 0 Å². The maximum absolute atomic E-state index is 12.2. The molecule has 0 saturated heterocycles. The van der Waals surface area contributed by atoms with E-state index >= 15 is 0 Å². The molecule has 0 aliphatic carbocycles. The average Bonchev–Trinajstić information content (AvgIpc) is 3.22. The van der Waals surface area contributed by atoms with Crippen LogP contribution in [0, 0.1) is 20.8 Å². The fraction of sp³-hybridized carbons (Fsp3) is 0.350. The number of nitrogens with zero attached hydrogens (tertiary/aromatic N) is 3. The topological polar surface area (TPSA) is 85.0 Å². The van der Waals surface area contributed by atoms with Gasteiger partial charge in [-0.1, -0.05) is 35.0 Å². The summed E-state index contributed by atoms with van der Waals surface area (Å²) in [7, 11) is 0. The third-order valence-corrected chi connectivity index (χ3v) is 4.43. The van der Waals surface area contributed by atoms with Crippen LogP contribution in [0.2, 0.25) is 0 Å². The molecule has 0 bridgehead atoms. The molecule has 0 unspecified atom stereocenters. The van der Waals surface area contributed by atoms with Crippen molar-refractivity contribution in [3.63, 3.8) is 0 Å². The number of hydrogen-bond acceptors (Lipinski definition) is 5. The van der Waals surface area contributed by atoms with Crippen molar-refractivity contribution >= 4 is 11.6 Å². The molecule has 0 spiro atoms. The number of benzene rings is 1. The van der Waals surface area contributed by atoms with Crippen LogP contribution in [-0.2, 0) is 17.9 Å². The first-order chi connectivity index (χ1) is 13.0. The number of aromatic nitrogens is 3. The number of carbonyl (C=O) groups is 1. The summed E-state index contributed by atoms with van der Waals surface area (Å²) >= 11 is 0. The SMILES string of the molecule is CCn1nc(C)c(NC(=O)CNCc2cc(-c3ccc(C)cc3)on2)c1C.